The van der Waals surface area contributed by atoms with Crippen LogP contribution < -0.4 is 4.90 Å². The van der Waals surface area contributed by atoms with Crippen LogP contribution in [0.4, 0.5) is 17.1 Å². The fraction of sp³-hybridized carbons (Fsp3) is 0. The Hall–Kier alpha value is -3.23. The van der Waals surface area contributed by atoms with Crippen LogP contribution in [0.5, 0.6) is 0 Å². The highest BCUT2D eigenvalue weighted by molar-refractivity contribution is 6.31. The number of halogens is 1. The molecule has 0 amide bonds. The Labute approximate surface area is 162 Å². The molecule has 0 saturated carbocycles. The number of fused-ring (bicyclic) bond motifs is 2. The molecule has 0 aliphatic heterocycles. The van der Waals surface area contributed by atoms with Gasteiger partial charge in [-0.15, -0.1) is 0 Å². The minimum atomic E-state index is 0.642. The van der Waals surface area contributed by atoms with Gasteiger partial charge in [-0.05, 0) is 41.8 Å². The molecular weight excluding hydrogens is 352 g/mol. The molecule has 5 rings (SSSR count). The zero-order valence-corrected chi connectivity index (χ0v) is 15.3. The molecule has 0 bridgehead atoms. The van der Waals surface area contributed by atoms with Crippen molar-refractivity contribution in [1.82, 2.24) is 4.98 Å². The molecule has 4 aromatic carbocycles. The summed E-state index contributed by atoms with van der Waals surface area (Å²) in [7, 11) is 0. The van der Waals surface area contributed by atoms with Gasteiger partial charge in [0.05, 0.1) is 11.4 Å². The van der Waals surface area contributed by atoms with Gasteiger partial charge >= 0.3 is 0 Å². The van der Waals surface area contributed by atoms with Crippen molar-refractivity contribution in [2.24, 2.45) is 0 Å². The van der Waals surface area contributed by atoms with Crippen molar-refractivity contribution in [3.63, 3.8) is 0 Å². The van der Waals surface area contributed by atoms with Gasteiger partial charge in [0.1, 0.15) is 5.15 Å². The average Bonchev–Trinajstić information content (AvgIpc) is 3.10. The van der Waals surface area contributed by atoms with Gasteiger partial charge in [0, 0.05) is 22.0 Å². The molecular formula is C24H17ClN2. The number of rotatable bonds is 3. The molecule has 5 aromatic rings. The normalized spacial score (nSPS) is 11.1. The van der Waals surface area contributed by atoms with E-state index in [0.717, 1.165) is 28.0 Å². The van der Waals surface area contributed by atoms with Gasteiger partial charge in [0.25, 0.3) is 0 Å². The third-order valence-corrected chi connectivity index (χ3v) is 5.07. The monoisotopic (exact) mass is 368 g/mol. The fourth-order valence-electron chi connectivity index (χ4n) is 3.69. The summed E-state index contributed by atoms with van der Waals surface area (Å²) in [5, 5.41) is 4.17. The molecule has 1 N–H and O–H groups in total. The highest BCUT2D eigenvalue weighted by Crippen LogP contribution is 2.42. The zero-order valence-electron chi connectivity index (χ0n) is 14.6. The Morgan fingerprint density at radius 1 is 0.630 bits per heavy atom. The molecule has 0 unspecified atom stereocenters. The quantitative estimate of drug-likeness (QED) is 0.350. The van der Waals surface area contributed by atoms with E-state index in [1.54, 1.807) is 0 Å². The second-order valence-electron chi connectivity index (χ2n) is 6.52. The van der Waals surface area contributed by atoms with Gasteiger partial charge in [-0.25, -0.2) is 0 Å². The molecule has 0 aliphatic carbocycles. The van der Waals surface area contributed by atoms with Crippen molar-refractivity contribution in [3.05, 3.63) is 102 Å². The average molecular weight is 369 g/mol. The first-order valence-corrected chi connectivity index (χ1v) is 9.29. The summed E-state index contributed by atoms with van der Waals surface area (Å²) in [6.45, 7) is 0. The number of hydrogen-bond donors (Lipinski definition) is 1. The third-order valence-electron chi connectivity index (χ3n) is 4.87. The maximum atomic E-state index is 6.27. The van der Waals surface area contributed by atoms with Crippen molar-refractivity contribution in [3.8, 4) is 0 Å². The van der Waals surface area contributed by atoms with Crippen LogP contribution in [-0.4, -0.2) is 4.98 Å². The van der Waals surface area contributed by atoms with Crippen LogP contribution in [-0.2, 0) is 0 Å². The van der Waals surface area contributed by atoms with E-state index in [-0.39, 0.29) is 0 Å². The number of H-pyrrole nitrogens is 1. The molecule has 0 atom stereocenters. The minimum Gasteiger partial charge on any atom is -0.346 e. The van der Waals surface area contributed by atoms with E-state index in [4.69, 9.17) is 11.6 Å². The second-order valence-corrected chi connectivity index (χ2v) is 6.93. The lowest BCUT2D eigenvalue weighted by atomic mass is 10.1. The minimum absolute atomic E-state index is 0.642. The topological polar surface area (TPSA) is 19.0 Å². The summed E-state index contributed by atoms with van der Waals surface area (Å²) >= 11 is 6.27. The Kier molecular flexibility index (Phi) is 3.84. The van der Waals surface area contributed by atoms with Crippen LogP contribution >= 0.6 is 11.6 Å². The van der Waals surface area contributed by atoms with E-state index in [1.165, 1.54) is 10.8 Å². The van der Waals surface area contributed by atoms with Gasteiger partial charge < -0.3 is 9.88 Å². The van der Waals surface area contributed by atoms with Crippen LogP contribution in [0.15, 0.2) is 97.1 Å². The van der Waals surface area contributed by atoms with Gasteiger partial charge in [0.15, 0.2) is 0 Å². The first-order chi connectivity index (χ1) is 13.3. The van der Waals surface area contributed by atoms with Crippen LogP contribution in [0.25, 0.3) is 21.7 Å². The number of hydrogen-bond acceptors (Lipinski definition) is 1. The SMILES string of the molecule is Clc1cc2c(N(c3ccccc3)c3cccc4ccccc34)cccc2[nH]1. The number of aromatic amines is 1. The number of anilines is 3. The van der Waals surface area contributed by atoms with Crippen LogP contribution in [0.2, 0.25) is 5.15 Å². The van der Waals surface area contributed by atoms with Gasteiger partial charge in [-0.1, -0.05) is 72.3 Å². The third kappa shape index (κ3) is 2.75. The summed E-state index contributed by atoms with van der Waals surface area (Å²) in [6.07, 6.45) is 0. The molecule has 130 valence electrons. The molecule has 1 heterocycles. The first-order valence-electron chi connectivity index (χ1n) is 8.91. The van der Waals surface area contributed by atoms with E-state index in [9.17, 15) is 0 Å². The van der Waals surface area contributed by atoms with E-state index >= 15 is 0 Å². The lowest BCUT2D eigenvalue weighted by Crippen LogP contribution is -2.10. The smallest absolute Gasteiger partial charge is 0.107 e. The lowest BCUT2D eigenvalue weighted by Gasteiger charge is -2.27. The van der Waals surface area contributed by atoms with Crippen molar-refractivity contribution in [2.45, 2.75) is 0 Å². The van der Waals surface area contributed by atoms with Crippen LogP contribution in [0, 0.1) is 0 Å². The highest BCUT2D eigenvalue weighted by atomic mass is 35.5. The van der Waals surface area contributed by atoms with Crippen molar-refractivity contribution >= 4 is 50.3 Å². The molecule has 0 aliphatic rings. The number of nitrogens with one attached hydrogen (secondary N) is 1. The van der Waals surface area contributed by atoms with Crippen molar-refractivity contribution in [1.29, 1.82) is 0 Å². The number of para-hydroxylation sites is 1. The van der Waals surface area contributed by atoms with Gasteiger partial charge in [0.2, 0.25) is 0 Å². The first kappa shape index (κ1) is 16.0. The molecule has 0 saturated heterocycles. The maximum absolute atomic E-state index is 6.27. The van der Waals surface area contributed by atoms with E-state index < -0.39 is 0 Å². The van der Waals surface area contributed by atoms with Crippen LogP contribution in [0.1, 0.15) is 0 Å². The predicted octanol–water partition coefficient (Wildman–Crippen LogP) is 7.44. The van der Waals surface area contributed by atoms with Gasteiger partial charge in [-0.3, -0.25) is 0 Å². The molecule has 0 fully saturated rings. The van der Waals surface area contributed by atoms with E-state index in [0.29, 0.717) is 5.15 Å². The Balaban J connectivity index is 1.85. The number of benzene rings is 4. The second kappa shape index (κ2) is 6.49. The molecule has 3 heteroatoms. The molecule has 0 spiro atoms. The van der Waals surface area contributed by atoms with Gasteiger partial charge in [-0.2, -0.15) is 0 Å². The van der Waals surface area contributed by atoms with E-state index in [2.05, 4.69) is 94.8 Å². The summed E-state index contributed by atoms with van der Waals surface area (Å²) in [5.41, 5.74) is 4.37. The predicted molar refractivity (Wildman–Crippen MR) is 115 cm³/mol. The Morgan fingerprint density at radius 2 is 1.30 bits per heavy atom. The Morgan fingerprint density at radius 3 is 2.15 bits per heavy atom. The summed E-state index contributed by atoms with van der Waals surface area (Å²) < 4.78 is 0. The molecule has 27 heavy (non-hydrogen) atoms. The largest absolute Gasteiger partial charge is 0.346 e. The van der Waals surface area contributed by atoms with Crippen molar-refractivity contribution < 1.29 is 0 Å². The summed E-state index contributed by atoms with van der Waals surface area (Å²) in [5.74, 6) is 0. The zero-order chi connectivity index (χ0) is 18.2. The van der Waals surface area contributed by atoms with Crippen LogP contribution in [0.3, 0.4) is 0 Å². The number of nitrogens with zero attached hydrogens (tertiary/aromatic N) is 1. The molecule has 1 aromatic heterocycles. The summed E-state index contributed by atoms with van der Waals surface area (Å²) in [4.78, 5) is 5.53. The van der Waals surface area contributed by atoms with E-state index in [1.807, 2.05) is 12.1 Å². The maximum Gasteiger partial charge on any atom is 0.107 e. The number of aromatic nitrogens is 1. The lowest BCUT2D eigenvalue weighted by molar-refractivity contribution is 1.31. The molecule has 2 nitrogen and oxygen atoms in total. The fourth-order valence-corrected chi connectivity index (χ4v) is 3.90. The van der Waals surface area contributed by atoms with Crippen molar-refractivity contribution in [2.75, 3.05) is 4.90 Å². The Bertz CT molecular complexity index is 1240. The summed E-state index contributed by atoms with van der Waals surface area (Å²) in [6, 6.07) is 33.6. The standard InChI is InChI=1S/C24H17ClN2/c25-24-16-20-21(26-24)13-7-15-23(20)27(18-10-2-1-3-11-18)22-14-6-9-17-8-4-5-12-19(17)22/h1-16,26H. The molecule has 0 radical (unpaired) electrons. The highest BCUT2D eigenvalue weighted by Gasteiger charge is 2.17.